The molecule has 7 nitrogen and oxygen atoms in total. The van der Waals surface area contributed by atoms with Crippen molar-refractivity contribution in [2.75, 3.05) is 19.8 Å². The smallest absolute Gasteiger partial charge is 0.307 e. The second kappa shape index (κ2) is 12.1. The Morgan fingerprint density at radius 2 is 1.55 bits per heavy atom. The van der Waals surface area contributed by atoms with Gasteiger partial charge in [-0.15, -0.1) is 0 Å². The van der Waals surface area contributed by atoms with Gasteiger partial charge in [0.15, 0.2) is 0 Å². The van der Waals surface area contributed by atoms with Crippen molar-refractivity contribution >= 4 is 11.7 Å². The summed E-state index contributed by atoms with van der Waals surface area (Å²) in [7, 11) is 0. The van der Waals surface area contributed by atoms with Crippen LogP contribution in [-0.2, 0) is 16.1 Å². The molecule has 172 valence electrons. The molecular formula is C26H27NO6. The van der Waals surface area contributed by atoms with Crippen molar-refractivity contribution in [3.05, 3.63) is 83.9 Å². The molecule has 1 N–H and O–H groups in total. The van der Waals surface area contributed by atoms with E-state index in [4.69, 9.17) is 24.2 Å². The molecule has 0 spiro atoms. The van der Waals surface area contributed by atoms with Crippen molar-refractivity contribution in [1.82, 2.24) is 0 Å². The number of oxime groups is 1. The molecule has 0 bridgehead atoms. The van der Waals surface area contributed by atoms with Gasteiger partial charge in [0, 0.05) is 11.6 Å². The molecule has 0 aliphatic carbocycles. The minimum Gasteiger partial charge on any atom is -0.494 e. The van der Waals surface area contributed by atoms with Gasteiger partial charge in [0.05, 0.1) is 13.0 Å². The van der Waals surface area contributed by atoms with Crippen LogP contribution in [0.3, 0.4) is 0 Å². The normalized spacial score (nSPS) is 11.0. The second-order valence-electron chi connectivity index (χ2n) is 7.00. The standard InChI is InChI=1S/C26H27NO6/c1-3-30-23-13-19(15-26(28)29)14-24(17-23)31-18-25(27-32-4-2)20-9-8-12-22(16-20)33-21-10-6-5-7-11-21/h5-14,16-17H,3-4,15,18H2,1-2H3,(H,28,29)/b27-25+. The van der Waals surface area contributed by atoms with Gasteiger partial charge in [0.25, 0.3) is 0 Å². The van der Waals surface area contributed by atoms with Crippen molar-refractivity contribution < 1.29 is 28.9 Å². The lowest BCUT2D eigenvalue weighted by Crippen LogP contribution is -2.14. The molecule has 0 aliphatic heterocycles. The van der Waals surface area contributed by atoms with Crippen LogP contribution in [-0.4, -0.2) is 36.6 Å². The Bertz CT molecular complexity index is 1080. The van der Waals surface area contributed by atoms with E-state index in [1.54, 1.807) is 18.2 Å². The summed E-state index contributed by atoms with van der Waals surface area (Å²) in [6.45, 7) is 4.69. The number of benzene rings is 3. The topological polar surface area (TPSA) is 86.6 Å². The highest BCUT2D eigenvalue weighted by molar-refractivity contribution is 6.01. The van der Waals surface area contributed by atoms with Gasteiger partial charge >= 0.3 is 5.97 Å². The molecule has 3 rings (SSSR count). The summed E-state index contributed by atoms with van der Waals surface area (Å²) >= 11 is 0. The fourth-order valence-electron chi connectivity index (χ4n) is 3.06. The van der Waals surface area contributed by atoms with E-state index >= 15 is 0 Å². The van der Waals surface area contributed by atoms with Gasteiger partial charge in [-0.2, -0.15) is 0 Å². The Hall–Kier alpha value is -4.00. The zero-order valence-electron chi connectivity index (χ0n) is 18.7. The maximum Gasteiger partial charge on any atom is 0.307 e. The molecule has 33 heavy (non-hydrogen) atoms. The van der Waals surface area contributed by atoms with Crippen LogP contribution in [0.5, 0.6) is 23.0 Å². The first-order valence-electron chi connectivity index (χ1n) is 10.7. The first-order valence-corrected chi connectivity index (χ1v) is 10.7. The highest BCUT2D eigenvalue weighted by Gasteiger charge is 2.11. The number of aliphatic carboxylic acids is 1. The number of hydrogen-bond acceptors (Lipinski definition) is 6. The van der Waals surface area contributed by atoms with E-state index in [9.17, 15) is 4.79 Å². The number of rotatable bonds is 12. The number of ether oxygens (including phenoxy) is 3. The zero-order chi connectivity index (χ0) is 23.5. The summed E-state index contributed by atoms with van der Waals surface area (Å²) in [5, 5.41) is 13.4. The van der Waals surface area contributed by atoms with E-state index < -0.39 is 5.97 Å². The molecule has 0 amide bonds. The summed E-state index contributed by atoms with van der Waals surface area (Å²) in [4.78, 5) is 16.5. The predicted octanol–water partition coefficient (Wildman–Crippen LogP) is 5.32. The summed E-state index contributed by atoms with van der Waals surface area (Å²) in [5.74, 6) is 1.49. The number of carbonyl (C=O) groups is 1. The minimum absolute atomic E-state index is 0.108. The Kier molecular flexibility index (Phi) is 8.71. The molecule has 3 aromatic carbocycles. The number of carboxylic acid groups (broad SMARTS) is 1. The van der Waals surface area contributed by atoms with Crippen molar-refractivity contribution in [1.29, 1.82) is 0 Å². The average molecular weight is 450 g/mol. The summed E-state index contributed by atoms with van der Waals surface area (Å²) in [6, 6.07) is 22.1. The van der Waals surface area contributed by atoms with Crippen LogP contribution in [0.15, 0.2) is 78.0 Å². The molecule has 0 saturated heterocycles. The predicted molar refractivity (Wildman–Crippen MR) is 126 cm³/mol. The van der Waals surface area contributed by atoms with Crippen LogP contribution >= 0.6 is 0 Å². The fourth-order valence-corrected chi connectivity index (χ4v) is 3.06. The Morgan fingerprint density at radius 3 is 2.24 bits per heavy atom. The molecule has 0 aliphatic rings. The van der Waals surface area contributed by atoms with E-state index in [0.29, 0.717) is 41.7 Å². The maximum atomic E-state index is 11.2. The van der Waals surface area contributed by atoms with Crippen molar-refractivity contribution in [3.63, 3.8) is 0 Å². The third-order valence-corrected chi connectivity index (χ3v) is 4.43. The highest BCUT2D eigenvalue weighted by Crippen LogP contribution is 2.25. The third-order valence-electron chi connectivity index (χ3n) is 4.43. The lowest BCUT2D eigenvalue weighted by Gasteiger charge is -2.13. The van der Waals surface area contributed by atoms with Crippen LogP contribution in [0, 0.1) is 0 Å². The first-order chi connectivity index (χ1) is 16.1. The van der Waals surface area contributed by atoms with Crippen molar-refractivity contribution in [2.45, 2.75) is 20.3 Å². The summed E-state index contributed by atoms with van der Waals surface area (Å²) in [6.07, 6.45) is -0.129. The van der Waals surface area contributed by atoms with Crippen molar-refractivity contribution in [3.8, 4) is 23.0 Å². The van der Waals surface area contributed by atoms with Gasteiger partial charge in [-0.1, -0.05) is 35.5 Å². The van der Waals surface area contributed by atoms with E-state index in [-0.39, 0.29) is 13.0 Å². The van der Waals surface area contributed by atoms with Crippen LogP contribution in [0.4, 0.5) is 0 Å². The van der Waals surface area contributed by atoms with Gasteiger partial charge in [-0.05, 0) is 55.8 Å². The number of para-hydroxylation sites is 1. The van der Waals surface area contributed by atoms with E-state index in [0.717, 1.165) is 11.3 Å². The molecule has 0 saturated carbocycles. The number of hydrogen-bond donors (Lipinski definition) is 1. The summed E-state index contributed by atoms with van der Waals surface area (Å²) in [5.41, 5.74) is 1.94. The van der Waals surface area contributed by atoms with Gasteiger partial charge in [0.1, 0.15) is 41.9 Å². The Labute approximate surface area is 193 Å². The van der Waals surface area contributed by atoms with Gasteiger partial charge in [-0.25, -0.2) is 0 Å². The van der Waals surface area contributed by atoms with E-state index in [1.807, 2.05) is 68.4 Å². The Morgan fingerprint density at radius 1 is 0.818 bits per heavy atom. The molecule has 0 fully saturated rings. The van der Waals surface area contributed by atoms with Crippen molar-refractivity contribution in [2.24, 2.45) is 5.16 Å². The monoisotopic (exact) mass is 449 g/mol. The van der Waals surface area contributed by atoms with Crippen LogP contribution in [0.2, 0.25) is 0 Å². The van der Waals surface area contributed by atoms with Gasteiger partial charge in [0.2, 0.25) is 0 Å². The SMILES string of the molecule is CCO/N=C(\COc1cc(CC(=O)O)cc(OCC)c1)c1cccc(Oc2ccccc2)c1. The molecule has 7 heteroatoms. The largest absolute Gasteiger partial charge is 0.494 e. The van der Waals surface area contributed by atoms with Crippen LogP contribution in [0.25, 0.3) is 0 Å². The Balaban J connectivity index is 1.80. The average Bonchev–Trinajstić information content (AvgIpc) is 2.80. The molecule has 3 aromatic rings. The lowest BCUT2D eigenvalue weighted by molar-refractivity contribution is -0.136. The number of nitrogens with zero attached hydrogens (tertiary/aromatic N) is 1. The fraction of sp³-hybridized carbons (Fsp3) is 0.231. The van der Waals surface area contributed by atoms with E-state index in [1.165, 1.54) is 0 Å². The second-order valence-corrected chi connectivity index (χ2v) is 7.00. The molecular weight excluding hydrogens is 422 g/mol. The molecule has 0 unspecified atom stereocenters. The maximum absolute atomic E-state index is 11.2. The van der Waals surface area contributed by atoms with E-state index in [2.05, 4.69) is 5.16 Å². The number of carboxylic acids is 1. The molecule has 0 radical (unpaired) electrons. The molecule has 0 aromatic heterocycles. The molecule has 0 heterocycles. The third kappa shape index (κ3) is 7.57. The molecule has 0 atom stereocenters. The van der Waals surface area contributed by atoms with Gasteiger partial charge < -0.3 is 24.2 Å². The highest BCUT2D eigenvalue weighted by atomic mass is 16.6. The zero-order valence-corrected chi connectivity index (χ0v) is 18.7. The lowest BCUT2D eigenvalue weighted by atomic mass is 10.1. The van der Waals surface area contributed by atoms with Gasteiger partial charge in [-0.3, -0.25) is 4.79 Å². The first kappa shape index (κ1) is 23.7. The summed E-state index contributed by atoms with van der Waals surface area (Å²) < 4.78 is 17.4. The minimum atomic E-state index is -0.927. The van der Waals surface area contributed by atoms with Crippen LogP contribution < -0.4 is 14.2 Å². The van der Waals surface area contributed by atoms with Crippen LogP contribution in [0.1, 0.15) is 25.0 Å². The quantitative estimate of drug-likeness (QED) is 0.297.